The zero-order chi connectivity index (χ0) is 24.4. The van der Waals surface area contributed by atoms with Crippen molar-refractivity contribution in [2.75, 3.05) is 5.32 Å². The molecule has 0 fully saturated rings. The molecule has 2 aromatic heterocycles. The van der Waals surface area contributed by atoms with E-state index in [0.717, 1.165) is 51.3 Å². The molecule has 0 spiro atoms. The molecule has 0 atom stereocenters. The Morgan fingerprint density at radius 2 is 1.51 bits per heavy atom. The Balaban J connectivity index is 1.38. The van der Waals surface area contributed by atoms with Crippen LogP contribution >= 0.6 is 11.3 Å². The van der Waals surface area contributed by atoms with Gasteiger partial charge < -0.3 is 5.32 Å². The van der Waals surface area contributed by atoms with Crippen LogP contribution < -0.4 is 5.32 Å². The SMILES string of the molecule is Cc1ccc(Cc2c(C)nc(C)nc2Nc2ccc(-c3csc(-c4ccccc4C)n3)cc2)cc1. The summed E-state index contributed by atoms with van der Waals surface area (Å²) < 4.78 is 0. The largest absolute Gasteiger partial charge is 0.340 e. The lowest BCUT2D eigenvalue weighted by atomic mass is 10.0. The van der Waals surface area contributed by atoms with Crippen molar-refractivity contribution < 1.29 is 0 Å². The Kier molecular flexibility index (Phi) is 6.43. The van der Waals surface area contributed by atoms with Gasteiger partial charge in [0.2, 0.25) is 0 Å². The molecule has 0 aliphatic rings. The summed E-state index contributed by atoms with van der Waals surface area (Å²) in [6.45, 7) is 8.22. The number of hydrogen-bond donors (Lipinski definition) is 1. The van der Waals surface area contributed by atoms with Gasteiger partial charge in [0, 0.05) is 39.9 Å². The second kappa shape index (κ2) is 9.80. The standard InChI is InChI=1S/C30H28N4S/c1-19-9-11-23(12-10-19)17-27-21(3)31-22(4)32-29(27)33-25-15-13-24(14-16-25)28-18-35-30(34-28)26-8-6-5-7-20(26)2/h5-16,18H,17H2,1-4H3,(H,31,32,33). The highest BCUT2D eigenvalue weighted by atomic mass is 32.1. The highest BCUT2D eigenvalue weighted by molar-refractivity contribution is 7.13. The second-order valence-corrected chi connectivity index (χ2v) is 9.76. The van der Waals surface area contributed by atoms with E-state index in [4.69, 9.17) is 9.97 Å². The van der Waals surface area contributed by atoms with Crippen molar-refractivity contribution in [3.8, 4) is 21.8 Å². The van der Waals surface area contributed by atoms with Crippen LogP contribution in [-0.4, -0.2) is 15.0 Å². The Labute approximate surface area is 210 Å². The van der Waals surface area contributed by atoms with Gasteiger partial charge in [-0.25, -0.2) is 15.0 Å². The molecule has 0 aliphatic carbocycles. The molecule has 1 N–H and O–H groups in total. The summed E-state index contributed by atoms with van der Waals surface area (Å²) in [5.74, 6) is 1.62. The first-order valence-electron chi connectivity index (χ1n) is 11.7. The summed E-state index contributed by atoms with van der Waals surface area (Å²) in [4.78, 5) is 14.2. The highest BCUT2D eigenvalue weighted by Gasteiger charge is 2.13. The lowest BCUT2D eigenvalue weighted by Crippen LogP contribution is -2.06. The molecule has 5 heteroatoms. The van der Waals surface area contributed by atoms with Crippen LogP contribution in [0.5, 0.6) is 0 Å². The number of thiazole rings is 1. The minimum atomic E-state index is 0.764. The average Bonchev–Trinajstić information content (AvgIpc) is 3.33. The van der Waals surface area contributed by atoms with Gasteiger partial charge in [-0.1, -0.05) is 66.2 Å². The maximum absolute atomic E-state index is 4.89. The van der Waals surface area contributed by atoms with Crippen LogP contribution in [-0.2, 0) is 6.42 Å². The fourth-order valence-electron chi connectivity index (χ4n) is 4.16. The molecule has 0 amide bonds. The number of nitrogens with zero attached hydrogens (tertiary/aromatic N) is 3. The van der Waals surface area contributed by atoms with Gasteiger partial charge in [0.15, 0.2) is 0 Å². The normalized spacial score (nSPS) is 11.0. The molecule has 0 bridgehead atoms. The van der Waals surface area contributed by atoms with E-state index >= 15 is 0 Å². The molecule has 4 nitrogen and oxygen atoms in total. The number of aryl methyl sites for hydroxylation is 4. The zero-order valence-electron chi connectivity index (χ0n) is 20.5. The molecule has 35 heavy (non-hydrogen) atoms. The van der Waals surface area contributed by atoms with E-state index in [1.165, 1.54) is 22.3 Å². The van der Waals surface area contributed by atoms with Crippen LogP contribution in [0.25, 0.3) is 21.8 Å². The van der Waals surface area contributed by atoms with E-state index in [9.17, 15) is 0 Å². The van der Waals surface area contributed by atoms with Gasteiger partial charge in [-0.05, 0) is 51.0 Å². The van der Waals surface area contributed by atoms with Crippen molar-refractivity contribution in [3.05, 3.63) is 112 Å². The lowest BCUT2D eigenvalue weighted by Gasteiger charge is -2.15. The number of anilines is 2. The number of hydrogen-bond acceptors (Lipinski definition) is 5. The quantitative estimate of drug-likeness (QED) is 0.271. The first-order chi connectivity index (χ1) is 17.0. The molecule has 0 unspecified atom stereocenters. The smallest absolute Gasteiger partial charge is 0.137 e. The van der Waals surface area contributed by atoms with Gasteiger partial charge in [-0.2, -0.15) is 0 Å². The zero-order valence-corrected chi connectivity index (χ0v) is 21.3. The Bertz CT molecular complexity index is 1470. The molecule has 174 valence electrons. The van der Waals surface area contributed by atoms with Crippen molar-refractivity contribution in [2.24, 2.45) is 0 Å². The van der Waals surface area contributed by atoms with Crippen LogP contribution in [0.3, 0.4) is 0 Å². The molecule has 5 aromatic rings. The van der Waals surface area contributed by atoms with E-state index in [2.05, 4.69) is 109 Å². The van der Waals surface area contributed by atoms with E-state index in [1.807, 2.05) is 6.92 Å². The molecule has 2 heterocycles. The van der Waals surface area contributed by atoms with Crippen molar-refractivity contribution in [2.45, 2.75) is 34.1 Å². The van der Waals surface area contributed by atoms with E-state index < -0.39 is 0 Å². The molecule has 0 aliphatic heterocycles. The van der Waals surface area contributed by atoms with Crippen molar-refractivity contribution in [1.29, 1.82) is 0 Å². The molecule has 0 saturated heterocycles. The predicted octanol–water partition coefficient (Wildman–Crippen LogP) is 7.84. The van der Waals surface area contributed by atoms with E-state index in [1.54, 1.807) is 11.3 Å². The average molecular weight is 477 g/mol. The molecule has 3 aromatic carbocycles. The van der Waals surface area contributed by atoms with Crippen molar-refractivity contribution in [3.63, 3.8) is 0 Å². The topological polar surface area (TPSA) is 50.7 Å². The Hall–Kier alpha value is -3.83. The number of aromatic nitrogens is 3. The summed E-state index contributed by atoms with van der Waals surface area (Å²) in [6, 6.07) is 25.4. The van der Waals surface area contributed by atoms with Gasteiger partial charge in [-0.15, -0.1) is 11.3 Å². The summed E-state index contributed by atoms with van der Waals surface area (Å²) in [6.07, 6.45) is 0.785. The lowest BCUT2D eigenvalue weighted by molar-refractivity contribution is 0.965. The van der Waals surface area contributed by atoms with Gasteiger partial charge in [0.05, 0.1) is 5.69 Å². The van der Waals surface area contributed by atoms with Gasteiger partial charge in [-0.3, -0.25) is 0 Å². The highest BCUT2D eigenvalue weighted by Crippen LogP contribution is 2.32. The summed E-state index contributed by atoms with van der Waals surface area (Å²) in [5.41, 5.74) is 10.1. The van der Waals surface area contributed by atoms with Crippen LogP contribution in [0.4, 0.5) is 11.5 Å². The number of rotatable bonds is 6. The van der Waals surface area contributed by atoms with E-state index in [-0.39, 0.29) is 0 Å². The molecule has 0 radical (unpaired) electrons. The summed E-state index contributed by atoms with van der Waals surface area (Å²) in [7, 11) is 0. The van der Waals surface area contributed by atoms with Crippen LogP contribution in [0.2, 0.25) is 0 Å². The van der Waals surface area contributed by atoms with Crippen LogP contribution in [0.15, 0.2) is 78.2 Å². The summed E-state index contributed by atoms with van der Waals surface area (Å²) in [5, 5.41) is 6.71. The third-order valence-corrected chi connectivity index (χ3v) is 7.03. The van der Waals surface area contributed by atoms with Crippen molar-refractivity contribution >= 4 is 22.8 Å². The van der Waals surface area contributed by atoms with Gasteiger partial charge >= 0.3 is 0 Å². The number of nitrogens with one attached hydrogen (secondary N) is 1. The van der Waals surface area contributed by atoms with E-state index in [0.29, 0.717) is 0 Å². The first-order valence-corrected chi connectivity index (χ1v) is 12.6. The molecular weight excluding hydrogens is 448 g/mol. The molecule has 0 saturated carbocycles. The fraction of sp³-hybridized carbons (Fsp3) is 0.167. The molecular formula is C30H28N4S. The minimum Gasteiger partial charge on any atom is -0.340 e. The fourth-order valence-corrected chi connectivity index (χ4v) is 5.08. The first kappa shape index (κ1) is 22.9. The third kappa shape index (κ3) is 5.15. The van der Waals surface area contributed by atoms with Gasteiger partial charge in [0.25, 0.3) is 0 Å². The monoisotopic (exact) mass is 476 g/mol. The predicted molar refractivity (Wildman–Crippen MR) is 146 cm³/mol. The minimum absolute atomic E-state index is 0.764. The Morgan fingerprint density at radius 3 is 2.26 bits per heavy atom. The maximum Gasteiger partial charge on any atom is 0.137 e. The van der Waals surface area contributed by atoms with Crippen LogP contribution in [0, 0.1) is 27.7 Å². The number of benzene rings is 3. The summed E-state index contributed by atoms with van der Waals surface area (Å²) >= 11 is 1.68. The van der Waals surface area contributed by atoms with Crippen molar-refractivity contribution in [1.82, 2.24) is 15.0 Å². The third-order valence-electron chi connectivity index (χ3n) is 6.15. The maximum atomic E-state index is 4.89. The molecule has 5 rings (SSSR count). The second-order valence-electron chi connectivity index (χ2n) is 8.90. The Morgan fingerprint density at radius 1 is 0.771 bits per heavy atom. The van der Waals surface area contributed by atoms with Crippen LogP contribution in [0.1, 0.15) is 33.8 Å². The van der Waals surface area contributed by atoms with Gasteiger partial charge in [0.1, 0.15) is 16.6 Å².